The Kier molecular flexibility index (Phi) is 7.79. The van der Waals surface area contributed by atoms with Gasteiger partial charge in [-0.2, -0.15) is 0 Å². The van der Waals surface area contributed by atoms with Crippen LogP contribution in [0.3, 0.4) is 0 Å². The van der Waals surface area contributed by atoms with Gasteiger partial charge in [-0.1, -0.05) is 54.3 Å². The maximum absolute atomic E-state index is 12.3. The van der Waals surface area contributed by atoms with E-state index >= 15 is 0 Å². The Morgan fingerprint density at radius 2 is 1.79 bits per heavy atom. The Morgan fingerprint density at radius 3 is 2.45 bits per heavy atom. The first-order valence-corrected chi connectivity index (χ1v) is 13.3. The molecule has 1 aliphatic rings. The number of esters is 1. The van der Waals surface area contributed by atoms with Gasteiger partial charge in [0.15, 0.2) is 0 Å². The normalized spacial score (nSPS) is 14.3. The molecule has 4 aromatic rings. The molecular weight excluding hydrogens is 525 g/mol. The zero-order valence-electron chi connectivity index (χ0n) is 21.5. The van der Waals surface area contributed by atoms with Crippen LogP contribution in [-0.4, -0.2) is 42.2 Å². The fourth-order valence-corrected chi connectivity index (χ4v) is 5.34. The molecule has 1 aliphatic heterocycles. The molecule has 5 rings (SSSR count). The molecule has 1 fully saturated rings. The predicted molar refractivity (Wildman–Crippen MR) is 148 cm³/mol. The Labute approximate surface area is 231 Å². The number of anilines is 1. The lowest BCUT2D eigenvalue weighted by Gasteiger charge is -2.37. The van der Waals surface area contributed by atoms with E-state index in [9.17, 15) is 4.79 Å². The number of rotatable bonds is 7. The number of aryl methyl sites for hydroxylation is 1. The quantitative estimate of drug-likeness (QED) is 0.177. The summed E-state index contributed by atoms with van der Waals surface area (Å²) < 4.78 is 16.5. The van der Waals surface area contributed by atoms with Crippen molar-refractivity contribution in [3.63, 3.8) is 0 Å². The minimum absolute atomic E-state index is 0.170. The van der Waals surface area contributed by atoms with Crippen molar-refractivity contribution in [1.82, 2.24) is 10.1 Å². The first-order chi connectivity index (χ1) is 18.3. The summed E-state index contributed by atoms with van der Waals surface area (Å²) in [5.74, 6) is 1.16. The van der Waals surface area contributed by atoms with E-state index in [1.807, 2.05) is 30.3 Å². The number of hydrogen-bond donors (Lipinski definition) is 0. The predicted octanol–water partition coefficient (Wildman–Crippen LogP) is 7.21. The van der Waals surface area contributed by atoms with Crippen LogP contribution >= 0.6 is 23.2 Å². The van der Waals surface area contributed by atoms with Gasteiger partial charge in [0.2, 0.25) is 5.76 Å². The van der Waals surface area contributed by atoms with Crippen LogP contribution in [0.15, 0.2) is 63.7 Å². The van der Waals surface area contributed by atoms with E-state index in [2.05, 4.69) is 35.7 Å². The van der Waals surface area contributed by atoms with Crippen LogP contribution in [0.2, 0.25) is 10.0 Å². The van der Waals surface area contributed by atoms with Crippen LogP contribution in [0.25, 0.3) is 11.3 Å². The van der Waals surface area contributed by atoms with Crippen molar-refractivity contribution < 1.29 is 18.5 Å². The molecule has 0 amide bonds. The average Bonchev–Trinajstić information content (AvgIpc) is 3.57. The van der Waals surface area contributed by atoms with Gasteiger partial charge in [0.05, 0.1) is 16.3 Å². The maximum atomic E-state index is 12.3. The monoisotopic (exact) mass is 553 g/mol. The number of hydrogen-bond acceptors (Lipinski definition) is 7. The highest BCUT2D eigenvalue weighted by Gasteiger charge is 2.27. The summed E-state index contributed by atoms with van der Waals surface area (Å²) in [6, 6.07) is 14.4. The summed E-state index contributed by atoms with van der Waals surface area (Å²) in [4.78, 5) is 17.0. The van der Waals surface area contributed by atoms with E-state index in [0.29, 0.717) is 33.6 Å². The van der Waals surface area contributed by atoms with E-state index < -0.39 is 5.97 Å². The van der Waals surface area contributed by atoms with Crippen LogP contribution in [0.1, 0.15) is 47.2 Å². The van der Waals surface area contributed by atoms with Crippen LogP contribution in [-0.2, 0) is 6.54 Å². The van der Waals surface area contributed by atoms with Gasteiger partial charge in [-0.25, -0.2) is 4.79 Å². The lowest BCUT2D eigenvalue weighted by Crippen LogP contribution is -2.46. The fraction of sp³-hybridized carbons (Fsp3) is 0.310. The van der Waals surface area contributed by atoms with Crippen molar-refractivity contribution in [2.75, 3.05) is 31.1 Å². The Balaban J connectivity index is 1.31. The highest BCUT2D eigenvalue weighted by molar-refractivity contribution is 6.39. The molecule has 2 aromatic heterocycles. The smallest absolute Gasteiger partial charge is 0.379 e. The van der Waals surface area contributed by atoms with Gasteiger partial charge in [0, 0.05) is 61.5 Å². The minimum Gasteiger partial charge on any atom is -0.457 e. The standard InChI is InChI=1S/C29H29Cl2N3O4/c1-18(2)28-21(27(32-38-28)26-22(30)6-4-7-23(26)31)17-33-11-13-34(14-12-33)24-16-20(10-9-19(24)3)37-29(35)25-8-5-15-36-25/h4-10,15-16,18H,11-14,17H2,1-3H3. The van der Waals surface area contributed by atoms with Crippen LogP contribution in [0.5, 0.6) is 5.75 Å². The second-order valence-electron chi connectivity index (χ2n) is 9.70. The third-order valence-electron chi connectivity index (χ3n) is 6.75. The largest absolute Gasteiger partial charge is 0.457 e. The second-order valence-corrected chi connectivity index (χ2v) is 10.5. The number of nitrogens with zero attached hydrogens (tertiary/aromatic N) is 3. The molecule has 0 radical (unpaired) electrons. The van der Waals surface area contributed by atoms with Gasteiger partial charge in [-0.05, 0) is 42.8 Å². The molecule has 0 saturated carbocycles. The molecule has 7 nitrogen and oxygen atoms in total. The average molecular weight is 554 g/mol. The molecule has 38 heavy (non-hydrogen) atoms. The number of carbonyl (C=O) groups is 1. The van der Waals surface area contributed by atoms with Gasteiger partial charge >= 0.3 is 5.97 Å². The number of aromatic nitrogens is 1. The Bertz CT molecular complexity index is 1400. The van der Waals surface area contributed by atoms with Crippen molar-refractivity contribution in [3.8, 4) is 17.0 Å². The minimum atomic E-state index is -0.515. The van der Waals surface area contributed by atoms with E-state index in [1.165, 1.54) is 6.26 Å². The molecule has 2 aromatic carbocycles. The van der Waals surface area contributed by atoms with Crippen LogP contribution in [0.4, 0.5) is 5.69 Å². The van der Waals surface area contributed by atoms with Crippen molar-refractivity contribution in [2.24, 2.45) is 0 Å². The van der Waals surface area contributed by atoms with Crippen LogP contribution in [0, 0.1) is 6.92 Å². The van der Waals surface area contributed by atoms with Gasteiger partial charge in [0.1, 0.15) is 17.2 Å². The summed E-state index contributed by atoms with van der Waals surface area (Å²) in [5, 5.41) is 5.49. The van der Waals surface area contributed by atoms with Crippen molar-refractivity contribution in [3.05, 3.63) is 87.5 Å². The first kappa shape index (κ1) is 26.4. The number of ether oxygens (including phenoxy) is 1. The van der Waals surface area contributed by atoms with E-state index in [0.717, 1.165) is 48.8 Å². The van der Waals surface area contributed by atoms with E-state index in [-0.39, 0.29) is 11.7 Å². The number of carbonyl (C=O) groups excluding carboxylic acids is 1. The molecule has 1 saturated heterocycles. The maximum Gasteiger partial charge on any atom is 0.379 e. The SMILES string of the molecule is Cc1ccc(OC(=O)c2ccco2)cc1N1CCN(Cc2c(-c3c(Cl)cccc3Cl)noc2C(C)C)CC1. The topological polar surface area (TPSA) is 72.0 Å². The summed E-state index contributed by atoms with van der Waals surface area (Å²) in [5.41, 5.74) is 4.59. The van der Waals surface area contributed by atoms with E-state index in [1.54, 1.807) is 18.2 Å². The number of halogens is 2. The lowest BCUT2D eigenvalue weighted by atomic mass is 10.00. The zero-order chi connectivity index (χ0) is 26.8. The third-order valence-corrected chi connectivity index (χ3v) is 7.38. The Morgan fingerprint density at radius 1 is 1.05 bits per heavy atom. The molecule has 0 aliphatic carbocycles. The van der Waals surface area contributed by atoms with Crippen LogP contribution < -0.4 is 9.64 Å². The van der Waals surface area contributed by atoms with Gasteiger partial charge in [0.25, 0.3) is 0 Å². The number of benzene rings is 2. The van der Waals surface area contributed by atoms with Gasteiger partial charge in [-0.15, -0.1) is 0 Å². The highest BCUT2D eigenvalue weighted by Crippen LogP contribution is 2.39. The molecule has 0 spiro atoms. The van der Waals surface area contributed by atoms with Crippen molar-refractivity contribution in [2.45, 2.75) is 33.2 Å². The number of furan rings is 1. The Hall–Kier alpha value is -3.26. The molecule has 0 N–H and O–H groups in total. The third kappa shape index (κ3) is 5.46. The summed E-state index contributed by atoms with van der Waals surface area (Å²) in [6.45, 7) is 10.3. The number of piperazine rings is 1. The molecule has 0 unspecified atom stereocenters. The van der Waals surface area contributed by atoms with Crippen molar-refractivity contribution in [1.29, 1.82) is 0 Å². The summed E-state index contributed by atoms with van der Waals surface area (Å²) >= 11 is 13.0. The highest BCUT2D eigenvalue weighted by atomic mass is 35.5. The fourth-order valence-electron chi connectivity index (χ4n) is 4.76. The second kappa shape index (κ2) is 11.2. The van der Waals surface area contributed by atoms with E-state index in [4.69, 9.17) is 36.9 Å². The summed E-state index contributed by atoms with van der Waals surface area (Å²) in [6.07, 6.45) is 1.45. The summed E-state index contributed by atoms with van der Waals surface area (Å²) in [7, 11) is 0. The molecule has 0 bridgehead atoms. The molecule has 0 atom stereocenters. The zero-order valence-corrected chi connectivity index (χ0v) is 23.1. The lowest BCUT2D eigenvalue weighted by molar-refractivity contribution is 0.0701. The molecule has 9 heteroatoms. The molecule has 3 heterocycles. The molecule has 198 valence electrons. The van der Waals surface area contributed by atoms with Gasteiger partial charge < -0.3 is 18.6 Å². The molecular formula is C29H29Cl2N3O4. The van der Waals surface area contributed by atoms with Gasteiger partial charge in [-0.3, -0.25) is 4.90 Å². The first-order valence-electron chi connectivity index (χ1n) is 12.6. The van der Waals surface area contributed by atoms with Crippen molar-refractivity contribution >= 4 is 34.9 Å².